The van der Waals surface area contributed by atoms with Gasteiger partial charge in [-0.1, -0.05) is 6.92 Å². The van der Waals surface area contributed by atoms with Crippen LogP contribution in [0.3, 0.4) is 0 Å². The van der Waals surface area contributed by atoms with Gasteiger partial charge in [0.15, 0.2) is 0 Å². The van der Waals surface area contributed by atoms with Crippen molar-refractivity contribution in [1.82, 2.24) is 0 Å². The Morgan fingerprint density at radius 2 is 1.67 bits per heavy atom. The first kappa shape index (κ1) is 7.37. The van der Waals surface area contributed by atoms with Crippen LogP contribution in [-0.2, 0) is 0 Å². The minimum atomic E-state index is -0.237. The van der Waals surface area contributed by atoms with Gasteiger partial charge in [-0.2, -0.15) is 0 Å². The van der Waals surface area contributed by atoms with Gasteiger partial charge in [-0.25, -0.2) is 0 Å². The van der Waals surface area contributed by atoms with Gasteiger partial charge in [-0.3, -0.25) is 0 Å². The molecule has 2 unspecified atom stereocenters. The molecule has 0 radical (unpaired) electrons. The minimum absolute atomic E-state index is 0.237. The third-order valence-corrected chi connectivity index (χ3v) is 4.32. The van der Waals surface area contributed by atoms with E-state index in [1.165, 1.54) is 19.3 Å². The molecule has 4 aliphatic carbocycles. The maximum Gasteiger partial charge on any atom is 0.0658 e. The summed E-state index contributed by atoms with van der Waals surface area (Å²) in [6, 6.07) is 0. The quantitative estimate of drug-likeness (QED) is 0.585. The first-order chi connectivity index (χ1) is 5.57. The lowest BCUT2D eigenvalue weighted by molar-refractivity contribution is -0.157. The average Bonchev–Trinajstić information content (AvgIpc) is 1.75. The summed E-state index contributed by atoms with van der Waals surface area (Å²) in [6.45, 7) is 2.38. The molecule has 4 fully saturated rings. The monoisotopic (exact) mass is 166 g/mol. The molecule has 4 rings (SSSR count). The first-order valence-electron chi connectivity index (χ1n) is 5.29. The lowest BCUT2D eigenvalue weighted by Gasteiger charge is -2.59. The summed E-state index contributed by atoms with van der Waals surface area (Å²) in [5.41, 5.74) is 0.275. The van der Waals surface area contributed by atoms with Crippen molar-refractivity contribution in [3.8, 4) is 0 Å². The van der Waals surface area contributed by atoms with E-state index in [2.05, 4.69) is 6.92 Å². The van der Waals surface area contributed by atoms with E-state index in [-0.39, 0.29) is 5.60 Å². The molecule has 1 heteroatoms. The Hall–Kier alpha value is -0.0400. The highest BCUT2D eigenvalue weighted by atomic mass is 16.3. The Morgan fingerprint density at radius 3 is 2.08 bits per heavy atom. The van der Waals surface area contributed by atoms with Crippen molar-refractivity contribution in [1.29, 1.82) is 0 Å². The maximum atomic E-state index is 10.3. The summed E-state index contributed by atoms with van der Waals surface area (Å²) in [6.07, 6.45) is 7.51. The highest BCUT2D eigenvalue weighted by Crippen LogP contribution is 2.61. The fourth-order valence-corrected chi connectivity index (χ4v) is 4.67. The predicted octanol–water partition coefficient (Wildman–Crippen LogP) is 2.34. The van der Waals surface area contributed by atoms with Crippen LogP contribution in [0.15, 0.2) is 0 Å². The van der Waals surface area contributed by atoms with Crippen LogP contribution < -0.4 is 0 Å². The third kappa shape index (κ3) is 0.891. The fraction of sp³-hybridized carbons (Fsp3) is 1.00. The van der Waals surface area contributed by atoms with E-state index in [1.54, 1.807) is 0 Å². The van der Waals surface area contributed by atoms with Crippen LogP contribution in [0, 0.1) is 17.3 Å². The lowest BCUT2D eigenvalue weighted by atomic mass is 9.48. The number of hydrogen-bond donors (Lipinski definition) is 1. The molecule has 0 aromatic carbocycles. The molecule has 12 heavy (non-hydrogen) atoms. The van der Waals surface area contributed by atoms with Gasteiger partial charge < -0.3 is 5.11 Å². The van der Waals surface area contributed by atoms with E-state index >= 15 is 0 Å². The van der Waals surface area contributed by atoms with Gasteiger partial charge in [-0.05, 0) is 55.8 Å². The molecule has 0 aromatic rings. The Kier molecular flexibility index (Phi) is 1.16. The maximum absolute atomic E-state index is 10.3. The van der Waals surface area contributed by atoms with Crippen LogP contribution >= 0.6 is 0 Å². The average molecular weight is 166 g/mol. The molecule has 0 aliphatic heterocycles. The fourth-order valence-electron chi connectivity index (χ4n) is 4.67. The van der Waals surface area contributed by atoms with Crippen LogP contribution in [-0.4, -0.2) is 10.7 Å². The zero-order valence-corrected chi connectivity index (χ0v) is 7.84. The molecule has 0 amide bonds. The summed E-state index contributed by atoms with van der Waals surface area (Å²) in [5.74, 6) is 1.72. The van der Waals surface area contributed by atoms with E-state index in [0.29, 0.717) is 5.41 Å². The Labute approximate surface area is 74.2 Å². The van der Waals surface area contributed by atoms with Gasteiger partial charge in [0.05, 0.1) is 5.60 Å². The Bertz CT molecular complexity index is 187. The van der Waals surface area contributed by atoms with Crippen molar-refractivity contribution in [2.45, 2.75) is 51.0 Å². The molecular formula is C11H18O. The van der Waals surface area contributed by atoms with Crippen molar-refractivity contribution in [2.24, 2.45) is 17.3 Å². The second-order valence-corrected chi connectivity index (χ2v) is 6.00. The van der Waals surface area contributed by atoms with Crippen molar-refractivity contribution >= 4 is 0 Å². The molecule has 1 N–H and O–H groups in total. The molecule has 0 heterocycles. The standard InChI is InChI=1S/C11H18O/c1-10-3-8-2-9(4-10)6-11(12,5-8)7-10/h8-9,12H,2-7H2,1H3/t8-,9+,10?,11?. The molecule has 68 valence electrons. The summed E-state index contributed by atoms with van der Waals surface area (Å²) < 4.78 is 0. The molecule has 4 atom stereocenters. The van der Waals surface area contributed by atoms with E-state index in [4.69, 9.17) is 0 Å². The van der Waals surface area contributed by atoms with E-state index in [9.17, 15) is 5.11 Å². The zero-order valence-electron chi connectivity index (χ0n) is 7.84. The summed E-state index contributed by atoms with van der Waals surface area (Å²) >= 11 is 0. The largest absolute Gasteiger partial charge is 0.390 e. The van der Waals surface area contributed by atoms with Crippen LogP contribution in [0.5, 0.6) is 0 Å². The highest BCUT2D eigenvalue weighted by Gasteiger charge is 2.54. The van der Waals surface area contributed by atoms with Crippen molar-refractivity contribution in [2.75, 3.05) is 0 Å². The van der Waals surface area contributed by atoms with E-state index in [1.807, 2.05) is 0 Å². The van der Waals surface area contributed by atoms with Crippen LogP contribution in [0.4, 0.5) is 0 Å². The summed E-state index contributed by atoms with van der Waals surface area (Å²) in [4.78, 5) is 0. The summed E-state index contributed by atoms with van der Waals surface area (Å²) in [5, 5.41) is 10.3. The van der Waals surface area contributed by atoms with E-state index in [0.717, 1.165) is 31.1 Å². The van der Waals surface area contributed by atoms with Gasteiger partial charge in [0.1, 0.15) is 0 Å². The highest BCUT2D eigenvalue weighted by molar-refractivity contribution is 5.06. The molecule has 4 saturated carbocycles. The predicted molar refractivity (Wildman–Crippen MR) is 47.7 cm³/mol. The Morgan fingerprint density at radius 1 is 1.08 bits per heavy atom. The summed E-state index contributed by atoms with van der Waals surface area (Å²) in [7, 11) is 0. The minimum Gasteiger partial charge on any atom is -0.390 e. The second kappa shape index (κ2) is 1.89. The van der Waals surface area contributed by atoms with Gasteiger partial charge in [-0.15, -0.1) is 0 Å². The topological polar surface area (TPSA) is 20.2 Å². The second-order valence-electron chi connectivity index (χ2n) is 6.00. The van der Waals surface area contributed by atoms with Crippen molar-refractivity contribution in [3.63, 3.8) is 0 Å². The molecule has 0 spiro atoms. The third-order valence-electron chi connectivity index (χ3n) is 4.32. The van der Waals surface area contributed by atoms with Gasteiger partial charge >= 0.3 is 0 Å². The van der Waals surface area contributed by atoms with Crippen molar-refractivity contribution < 1.29 is 5.11 Å². The van der Waals surface area contributed by atoms with Crippen LogP contribution in [0.1, 0.15) is 45.4 Å². The number of rotatable bonds is 0. The lowest BCUT2D eigenvalue weighted by Crippen LogP contribution is -2.54. The van der Waals surface area contributed by atoms with E-state index < -0.39 is 0 Å². The Balaban J connectivity index is 1.98. The van der Waals surface area contributed by atoms with Gasteiger partial charge in [0, 0.05) is 0 Å². The molecule has 4 bridgehead atoms. The van der Waals surface area contributed by atoms with Crippen LogP contribution in [0.2, 0.25) is 0 Å². The van der Waals surface area contributed by atoms with Crippen molar-refractivity contribution in [3.05, 3.63) is 0 Å². The molecule has 0 saturated heterocycles. The zero-order chi connectivity index (χ0) is 8.40. The number of aliphatic hydroxyl groups is 1. The SMILES string of the molecule is CC12C[C@H]3C[C@@H](C1)CC(O)(C3)C2. The normalized spacial score (nSPS) is 62.5. The smallest absolute Gasteiger partial charge is 0.0658 e. The first-order valence-corrected chi connectivity index (χ1v) is 5.29. The number of hydrogen-bond acceptors (Lipinski definition) is 1. The molecule has 1 nitrogen and oxygen atoms in total. The van der Waals surface area contributed by atoms with Gasteiger partial charge in [0.2, 0.25) is 0 Å². The molecule has 0 aromatic heterocycles. The molecular weight excluding hydrogens is 148 g/mol. The van der Waals surface area contributed by atoms with Gasteiger partial charge in [0.25, 0.3) is 0 Å². The van der Waals surface area contributed by atoms with Crippen LogP contribution in [0.25, 0.3) is 0 Å². The molecule has 4 aliphatic rings.